The van der Waals surface area contributed by atoms with Gasteiger partial charge in [-0.05, 0) is 30.5 Å². The van der Waals surface area contributed by atoms with Crippen molar-refractivity contribution < 1.29 is 22.6 Å². The molecule has 0 spiro atoms. The van der Waals surface area contributed by atoms with Crippen LogP contribution in [0.5, 0.6) is 0 Å². The largest absolute Gasteiger partial charge is 0.357 e. The minimum absolute atomic E-state index is 0.141. The molecule has 0 fully saturated rings. The van der Waals surface area contributed by atoms with Crippen molar-refractivity contribution in [2.24, 2.45) is 0 Å². The highest BCUT2D eigenvalue weighted by Crippen LogP contribution is 2.23. The van der Waals surface area contributed by atoms with E-state index in [4.69, 9.17) is 9.35 Å². The normalized spacial score (nSPS) is 11.8. The Labute approximate surface area is 156 Å². The zero-order valence-corrected chi connectivity index (χ0v) is 16.1. The van der Waals surface area contributed by atoms with Crippen LogP contribution in [0.2, 0.25) is 0 Å². The van der Waals surface area contributed by atoms with Crippen LogP contribution in [0.4, 0.5) is 5.69 Å². The summed E-state index contributed by atoms with van der Waals surface area (Å²) in [5, 5.41) is 5.70. The van der Waals surface area contributed by atoms with Gasteiger partial charge in [0.15, 0.2) is 0 Å². The highest BCUT2D eigenvalue weighted by atomic mass is 32.2. The van der Waals surface area contributed by atoms with Crippen molar-refractivity contribution >= 4 is 40.0 Å². The van der Waals surface area contributed by atoms with E-state index in [2.05, 4.69) is 10.3 Å². The Morgan fingerprint density at radius 3 is 2.38 bits per heavy atom. The fourth-order valence-corrected chi connectivity index (χ4v) is 3.57. The Hall–Kier alpha value is -2.30. The lowest BCUT2D eigenvalue weighted by Crippen LogP contribution is -2.27. The van der Waals surface area contributed by atoms with E-state index in [9.17, 15) is 13.2 Å². The number of rotatable bonds is 7. The highest BCUT2D eigenvalue weighted by molar-refractivity contribution is 7.87. The Kier molecular flexibility index (Phi) is 8.36. The van der Waals surface area contributed by atoms with Gasteiger partial charge in [-0.1, -0.05) is 19.1 Å². The fourth-order valence-electron chi connectivity index (χ4n) is 2.18. The molecule has 1 atom stereocenters. The zero-order valence-electron chi connectivity index (χ0n) is 14.4. The van der Waals surface area contributed by atoms with Crippen molar-refractivity contribution in [2.75, 3.05) is 4.72 Å². The second kappa shape index (κ2) is 10.00. The molecule has 26 heavy (non-hydrogen) atoms. The smallest absolute Gasteiger partial charge is 0.347 e. The molecule has 0 saturated heterocycles. The summed E-state index contributed by atoms with van der Waals surface area (Å²) in [6, 6.07) is 6.32. The van der Waals surface area contributed by atoms with Crippen LogP contribution in [-0.4, -0.2) is 30.7 Å². The summed E-state index contributed by atoms with van der Waals surface area (Å²) < 4.78 is 32.3. The minimum atomic E-state index is -4.29. The molecule has 0 aliphatic rings. The van der Waals surface area contributed by atoms with Crippen molar-refractivity contribution in [2.45, 2.75) is 32.7 Å². The van der Waals surface area contributed by atoms with Crippen LogP contribution in [0.25, 0.3) is 0 Å². The number of benzene rings is 1. The van der Waals surface area contributed by atoms with Gasteiger partial charge in [-0.3, -0.25) is 14.1 Å². The van der Waals surface area contributed by atoms with Crippen molar-refractivity contribution in [3.05, 3.63) is 45.9 Å². The summed E-state index contributed by atoms with van der Waals surface area (Å²) in [4.78, 5) is 24.0. The monoisotopic (exact) mass is 399 g/mol. The Morgan fingerprint density at radius 2 is 1.92 bits per heavy atom. The second-order valence-electron chi connectivity index (χ2n) is 5.26. The SMILES string of the molecule is C=O.CCc1csc([C@H](Cc2ccc(NS(=O)(=O)O)cc2)NC(C)=O)n1. The maximum atomic E-state index is 11.5. The van der Waals surface area contributed by atoms with Gasteiger partial charge in [-0.15, -0.1) is 11.3 Å². The van der Waals surface area contributed by atoms with Crippen molar-refractivity contribution in [3.63, 3.8) is 0 Å². The average molecular weight is 399 g/mol. The summed E-state index contributed by atoms with van der Waals surface area (Å²) in [5.41, 5.74) is 2.15. The van der Waals surface area contributed by atoms with Crippen LogP contribution >= 0.6 is 11.3 Å². The molecule has 1 heterocycles. The van der Waals surface area contributed by atoms with E-state index < -0.39 is 10.3 Å². The summed E-state index contributed by atoms with van der Waals surface area (Å²) in [7, 11) is -4.29. The number of carbonyl (C=O) groups is 2. The van der Waals surface area contributed by atoms with Gasteiger partial charge in [-0.25, -0.2) is 4.98 Å². The van der Waals surface area contributed by atoms with Gasteiger partial charge in [0.1, 0.15) is 11.8 Å². The lowest BCUT2D eigenvalue weighted by molar-refractivity contribution is -0.119. The lowest BCUT2D eigenvalue weighted by Gasteiger charge is -2.16. The van der Waals surface area contributed by atoms with Crippen molar-refractivity contribution in [1.82, 2.24) is 10.3 Å². The molecule has 0 unspecified atom stereocenters. The zero-order chi connectivity index (χ0) is 19.7. The molecule has 0 aliphatic carbocycles. The molecule has 3 N–H and O–H groups in total. The average Bonchev–Trinajstić information content (AvgIpc) is 3.05. The number of amides is 1. The van der Waals surface area contributed by atoms with Crippen molar-refractivity contribution in [1.29, 1.82) is 0 Å². The molecule has 10 heteroatoms. The molecule has 1 amide bonds. The number of hydrogen-bond donors (Lipinski definition) is 3. The second-order valence-corrected chi connectivity index (χ2v) is 7.31. The number of aromatic nitrogens is 1. The van der Waals surface area contributed by atoms with Gasteiger partial charge in [-0.2, -0.15) is 8.42 Å². The van der Waals surface area contributed by atoms with Gasteiger partial charge in [0.05, 0.1) is 17.4 Å². The van der Waals surface area contributed by atoms with Gasteiger partial charge >= 0.3 is 10.3 Å². The number of thiazole rings is 1. The number of carbonyl (C=O) groups excluding carboxylic acids is 2. The first-order chi connectivity index (χ1) is 12.3. The number of hydrogen-bond acceptors (Lipinski definition) is 6. The highest BCUT2D eigenvalue weighted by Gasteiger charge is 2.17. The molecule has 2 aromatic rings. The number of anilines is 1. The third-order valence-electron chi connectivity index (χ3n) is 3.25. The van der Waals surface area contributed by atoms with Crippen LogP contribution in [0.3, 0.4) is 0 Å². The van der Waals surface area contributed by atoms with Crippen LogP contribution in [0.1, 0.15) is 36.2 Å². The maximum Gasteiger partial charge on any atom is 0.357 e. The molecule has 0 aliphatic heterocycles. The molecule has 0 saturated carbocycles. The van der Waals surface area contributed by atoms with E-state index in [1.807, 2.05) is 23.8 Å². The molecule has 0 bridgehead atoms. The molecule has 1 aromatic heterocycles. The summed E-state index contributed by atoms with van der Waals surface area (Å²) in [6.07, 6.45) is 1.36. The maximum absolute atomic E-state index is 11.5. The minimum Gasteiger partial charge on any atom is -0.347 e. The third kappa shape index (κ3) is 7.30. The van der Waals surface area contributed by atoms with Gasteiger partial charge < -0.3 is 10.1 Å². The fraction of sp³-hybridized carbons (Fsp3) is 0.312. The predicted octanol–water partition coefficient (Wildman–Crippen LogP) is 2.16. The molecular formula is C16H21N3O5S2. The molecule has 0 radical (unpaired) electrons. The quantitative estimate of drug-likeness (QED) is 0.613. The van der Waals surface area contributed by atoms with Crippen LogP contribution in [0, 0.1) is 0 Å². The molecule has 1 aromatic carbocycles. The van der Waals surface area contributed by atoms with Gasteiger partial charge in [0.2, 0.25) is 5.91 Å². The van der Waals surface area contributed by atoms with Gasteiger partial charge in [0.25, 0.3) is 0 Å². The molecular weight excluding hydrogens is 378 g/mol. The van der Waals surface area contributed by atoms with Gasteiger partial charge in [0, 0.05) is 12.3 Å². The number of nitrogens with one attached hydrogen (secondary N) is 2. The first kappa shape index (κ1) is 21.7. The first-order valence-electron chi connectivity index (χ1n) is 7.61. The standard InChI is InChI=1S/C15H19N3O4S2.CH2O/c1-3-12-9-23-15(17-12)14(16-10(2)19)8-11-4-6-13(7-5-11)18-24(20,21)22;1-2/h4-7,9,14,18H,3,8H2,1-2H3,(H,16,19)(H,20,21,22);1H2/t14-;/m0./s1. The molecule has 8 nitrogen and oxygen atoms in total. The number of aryl methyl sites for hydroxylation is 1. The lowest BCUT2D eigenvalue weighted by atomic mass is 10.1. The van der Waals surface area contributed by atoms with E-state index in [0.29, 0.717) is 6.42 Å². The summed E-state index contributed by atoms with van der Waals surface area (Å²) in [5.74, 6) is -0.141. The van der Waals surface area contributed by atoms with E-state index in [1.54, 1.807) is 24.3 Å². The Balaban J connectivity index is 0.00000163. The van der Waals surface area contributed by atoms with E-state index in [0.717, 1.165) is 22.7 Å². The van der Waals surface area contributed by atoms with Crippen LogP contribution < -0.4 is 10.0 Å². The molecule has 2 rings (SSSR count). The molecule has 142 valence electrons. The van der Waals surface area contributed by atoms with Crippen LogP contribution in [-0.2, 0) is 32.7 Å². The van der Waals surface area contributed by atoms with E-state index in [1.165, 1.54) is 18.3 Å². The van der Waals surface area contributed by atoms with E-state index in [-0.39, 0.29) is 17.6 Å². The predicted molar refractivity (Wildman–Crippen MR) is 100 cm³/mol. The topological polar surface area (TPSA) is 125 Å². The van der Waals surface area contributed by atoms with E-state index >= 15 is 0 Å². The Bertz CT molecular complexity index is 819. The first-order valence-corrected chi connectivity index (χ1v) is 9.93. The summed E-state index contributed by atoms with van der Waals surface area (Å²) >= 11 is 1.50. The van der Waals surface area contributed by atoms with Crippen LogP contribution in [0.15, 0.2) is 29.6 Å². The summed E-state index contributed by atoms with van der Waals surface area (Å²) in [6.45, 7) is 5.48. The third-order valence-corrected chi connectivity index (χ3v) is 4.75. The van der Waals surface area contributed by atoms with Crippen molar-refractivity contribution in [3.8, 4) is 0 Å². The number of nitrogens with zero attached hydrogens (tertiary/aromatic N) is 1. The Morgan fingerprint density at radius 1 is 1.31 bits per heavy atom.